The normalized spacial score (nSPS) is 14.7. The molecule has 1 aromatic carbocycles. The predicted octanol–water partition coefficient (Wildman–Crippen LogP) is 3.64. The van der Waals surface area contributed by atoms with E-state index in [-0.39, 0.29) is 17.4 Å². The highest BCUT2D eigenvalue weighted by atomic mass is 19.1. The minimum atomic E-state index is -0.730. The smallest absolute Gasteiger partial charge is 0.415 e. The molecule has 0 aliphatic heterocycles. The molecule has 1 amide bonds. The second-order valence-corrected chi connectivity index (χ2v) is 5.97. The molecule has 0 unspecified atom stereocenters. The summed E-state index contributed by atoms with van der Waals surface area (Å²) in [5.41, 5.74) is -1.10. The van der Waals surface area contributed by atoms with E-state index >= 15 is 0 Å². The monoisotopic (exact) mass is 296 g/mol. The van der Waals surface area contributed by atoms with E-state index in [9.17, 15) is 19.3 Å². The Balaban J connectivity index is 2.41. The minimum Gasteiger partial charge on any atom is -0.443 e. The first-order valence-corrected chi connectivity index (χ1v) is 6.65. The third-order valence-electron chi connectivity index (χ3n) is 2.90. The molecule has 1 saturated carbocycles. The number of amides is 1. The topological polar surface area (TPSA) is 72.7 Å². The first-order valence-electron chi connectivity index (χ1n) is 6.65. The maximum atomic E-state index is 13.5. The highest BCUT2D eigenvalue weighted by Crippen LogP contribution is 2.38. The van der Waals surface area contributed by atoms with E-state index in [2.05, 4.69) is 0 Å². The van der Waals surface area contributed by atoms with Crippen LogP contribution in [0.25, 0.3) is 0 Å². The Kier molecular flexibility index (Phi) is 3.85. The fourth-order valence-corrected chi connectivity index (χ4v) is 1.93. The third-order valence-corrected chi connectivity index (χ3v) is 2.90. The van der Waals surface area contributed by atoms with E-state index in [0.717, 1.165) is 18.2 Å². The lowest BCUT2D eigenvalue weighted by atomic mass is 10.2. The van der Waals surface area contributed by atoms with Crippen LogP contribution in [0.1, 0.15) is 33.6 Å². The molecule has 0 N–H and O–H groups in total. The van der Waals surface area contributed by atoms with Crippen molar-refractivity contribution in [1.82, 2.24) is 0 Å². The lowest BCUT2D eigenvalue weighted by molar-refractivity contribution is -0.384. The number of ether oxygens (including phenoxy) is 1. The standard InChI is InChI=1S/C14H17FN2O4/c1-14(2,3)21-13(18)16(10-5-6-10)12-8-9(15)4-7-11(12)17(19)20/h4,7-8,10H,5-6H2,1-3H3. The number of hydrogen-bond acceptors (Lipinski definition) is 4. The van der Waals surface area contributed by atoms with Crippen molar-refractivity contribution in [2.75, 3.05) is 4.90 Å². The van der Waals surface area contributed by atoms with Gasteiger partial charge in [0, 0.05) is 18.2 Å². The van der Waals surface area contributed by atoms with Crippen molar-refractivity contribution in [3.8, 4) is 0 Å². The number of halogens is 1. The molecule has 0 aromatic heterocycles. The molecular weight excluding hydrogens is 279 g/mol. The second kappa shape index (κ2) is 5.31. The zero-order valence-corrected chi connectivity index (χ0v) is 12.1. The van der Waals surface area contributed by atoms with Gasteiger partial charge in [-0.1, -0.05) is 0 Å². The Bertz CT molecular complexity index is 579. The maximum absolute atomic E-state index is 13.5. The Morgan fingerprint density at radius 1 is 1.43 bits per heavy atom. The summed E-state index contributed by atoms with van der Waals surface area (Å²) in [5.74, 6) is -0.634. The summed E-state index contributed by atoms with van der Waals surface area (Å²) in [4.78, 5) is 23.9. The van der Waals surface area contributed by atoms with Gasteiger partial charge in [0.1, 0.15) is 17.1 Å². The number of anilines is 1. The van der Waals surface area contributed by atoms with Gasteiger partial charge in [-0.3, -0.25) is 15.0 Å². The fraction of sp³-hybridized carbons (Fsp3) is 0.500. The summed E-state index contributed by atoms with van der Waals surface area (Å²) in [5, 5.41) is 11.1. The zero-order chi connectivity index (χ0) is 15.8. The minimum absolute atomic E-state index is 0.0586. The number of nitro benzene ring substituents is 1. The molecule has 1 fully saturated rings. The predicted molar refractivity (Wildman–Crippen MR) is 74.8 cm³/mol. The van der Waals surface area contributed by atoms with Gasteiger partial charge < -0.3 is 4.74 Å². The van der Waals surface area contributed by atoms with Crippen molar-refractivity contribution in [2.45, 2.75) is 45.3 Å². The molecule has 21 heavy (non-hydrogen) atoms. The third kappa shape index (κ3) is 3.68. The van der Waals surface area contributed by atoms with Crippen LogP contribution in [0, 0.1) is 15.9 Å². The number of nitrogens with zero attached hydrogens (tertiary/aromatic N) is 2. The molecule has 6 nitrogen and oxygen atoms in total. The van der Waals surface area contributed by atoms with Gasteiger partial charge in [-0.25, -0.2) is 9.18 Å². The number of hydrogen-bond donors (Lipinski definition) is 0. The molecular formula is C14H17FN2O4. The molecule has 0 radical (unpaired) electrons. The van der Waals surface area contributed by atoms with Crippen LogP contribution in [0.2, 0.25) is 0 Å². The van der Waals surface area contributed by atoms with Gasteiger partial charge >= 0.3 is 6.09 Å². The average Bonchev–Trinajstić information content (AvgIpc) is 3.10. The van der Waals surface area contributed by atoms with Crippen molar-refractivity contribution in [3.05, 3.63) is 34.1 Å². The van der Waals surface area contributed by atoms with Crippen molar-refractivity contribution in [1.29, 1.82) is 0 Å². The van der Waals surface area contributed by atoms with Crippen LogP contribution in [0.15, 0.2) is 18.2 Å². The van der Waals surface area contributed by atoms with Gasteiger partial charge in [-0.15, -0.1) is 0 Å². The molecule has 114 valence electrons. The second-order valence-electron chi connectivity index (χ2n) is 5.97. The first kappa shape index (κ1) is 15.2. The maximum Gasteiger partial charge on any atom is 0.415 e. The number of carbonyl (C=O) groups is 1. The molecule has 0 atom stereocenters. The molecule has 0 bridgehead atoms. The Labute approximate surface area is 121 Å². The highest BCUT2D eigenvalue weighted by molar-refractivity contribution is 5.92. The molecule has 7 heteroatoms. The van der Waals surface area contributed by atoms with Gasteiger partial charge in [-0.2, -0.15) is 0 Å². The number of carbonyl (C=O) groups excluding carboxylic acids is 1. The van der Waals surface area contributed by atoms with E-state index in [1.54, 1.807) is 20.8 Å². The number of nitro groups is 1. The molecule has 1 aromatic rings. The van der Waals surface area contributed by atoms with Crippen LogP contribution in [-0.2, 0) is 4.74 Å². The molecule has 0 spiro atoms. The Morgan fingerprint density at radius 2 is 2.05 bits per heavy atom. The SMILES string of the molecule is CC(C)(C)OC(=O)N(c1cc(F)ccc1[N+](=O)[O-])C1CC1. The average molecular weight is 296 g/mol. The van der Waals surface area contributed by atoms with E-state index in [1.165, 1.54) is 4.90 Å². The van der Waals surface area contributed by atoms with Crippen molar-refractivity contribution >= 4 is 17.5 Å². The Morgan fingerprint density at radius 3 is 2.52 bits per heavy atom. The first-order chi connectivity index (χ1) is 9.69. The molecule has 1 aliphatic carbocycles. The van der Waals surface area contributed by atoms with Gasteiger partial charge in [0.05, 0.1) is 4.92 Å². The summed E-state index contributed by atoms with van der Waals surface area (Å²) < 4.78 is 18.7. The highest BCUT2D eigenvalue weighted by Gasteiger charge is 2.39. The lowest BCUT2D eigenvalue weighted by Crippen LogP contribution is -2.38. The Hall–Kier alpha value is -2.18. The number of benzene rings is 1. The quantitative estimate of drug-likeness (QED) is 0.630. The molecule has 2 rings (SSSR count). The summed E-state index contributed by atoms with van der Waals surface area (Å²) in [6.45, 7) is 5.11. The molecule has 1 aliphatic rings. The van der Waals surface area contributed by atoms with Crippen LogP contribution in [0.4, 0.5) is 20.6 Å². The van der Waals surface area contributed by atoms with E-state index in [0.29, 0.717) is 12.8 Å². The van der Waals surface area contributed by atoms with Gasteiger partial charge in [0.15, 0.2) is 0 Å². The number of rotatable bonds is 3. The molecule has 0 saturated heterocycles. The van der Waals surface area contributed by atoms with Crippen LogP contribution in [0.3, 0.4) is 0 Å². The van der Waals surface area contributed by atoms with Crippen LogP contribution in [-0.4, -0.2) is 22.7 Å². The van der Waals surface area contributed by atoms with Crippen molar-refractivity contribution < 1.29 is 18.8 Å². The summed E-state index contributed by atoms with van der Waals surface area (Å²) in [6, 6.07) is 2.88. The summed E-state index contributed by atoms with van der Waals surface area (Å²) in [7, 11) is 0. The van der Waals surface area contributed by atoms with Gasteiger partial charge in [-0.05, 0) is 39.7 Å². The van der Waals surface area contributed by atoms with Crippen LogP contribution < -0.4 is 4.90 Å². The van der Waals surface area contributed by atoms with Gasteiger partial charge in [0.25, 0.3) is 5.69 Å². The van der Waals surface area contributed by atoms with E-state index in [1.807, 2.05) is 0 Å². The largest absolute Gasteiger partial charge is 0.443 e. The lowest BCUT2D eigenvalue weighted by Gasteiger charge is -2.27. The molecule has 0 heterocycles. The summed E-state index contributed by atoms with van der Waals surface area (Å²) >= 11 is 0. The van der Waals surface area contributed by atoms with Crippen molar-refractivity contribution in [3.63, 3.8) is 0 Å². The van der Waals surface area contributed by atoms with E-state index in [4.69, 9.17) is 4.74 Å². The fourth-order valence-electron chi connectivity index (χ4n) is 1.93. The van der Waals surface area contributed by atoms with Crippen LogP contribution in [0.5, 0.6) is 0 Å². The van der Waals surface area contributed by atoms with E-state index < -0.39 is 22.4 Å². The zero-order valence-electron chi connectivity index (χ0n) is 12.1. The van der Waals surface area contributed by atoms with Gasteiger partial charge in [0.2, 0.25) is 0 Å². The summed E-state index contributed by atoms with van der Waals surface area (Å²) in [6.07, 6.45) is 0.735. The van der Waals surface area contributed by atoms with Crippen LogP contribution >= 0.6 is 0 Å². The van der Waals surface area contributed by atoms with Crippen molar-refractivity contribution in [2.24, 2.45) is 0 Å².